The second kappa shape index (κ2) is 7.75. The van der Waals surface area contributed by atoms with Crippen LogP contribution in [-0.4, -0.2) is 34.0 Å². The molecule has 0 N–H and O–H groups in total. The van der Waals surface area contributed by atoms with Crippen LogP contribution in [0.4, 0.5) is 8.78 Å². The lowest BCUT2D eigenvalue weighted by Crippen LogP contribution is -2.39. The molecule has 0 bridgehead atoms. The number of piperidine rings is 1. The second-order valence-corrected chi connectivity index (χ2v) is 6.57. The van der Waals surface area contributed by atoms with Crippen molar-refractivity contribution in [3.05, 3.63) is 71.6 Å². The summed E-state index contributed by atoms with van der Waals surface area (Å²) in [5.41, 5.74) is 0.438. The topological polar surface area (TPSA) is 68.5 Å². The Morgan fingerprint density at radius 3 is 2.46 bits per heavy atom. The fourth-order valence-electron chi connectivity index (χ4n) is 3.17. The van der Waals surface area contributed by atoms with Crippen molar-refractivity contribution in [1.82, 2.24) is 15.0 Å². The monoisotopic (exact) mass is 385 g/mol. The summed E-state index contributed by atoms with van der Waals surface area (Å²) in [6.07, 6.45) is 1.58. The number of nitrogens with zero attached hydrogens (tertiary/aromatic N) is 3. The summed E-state index contributed by atoms with van der Waals surface area (Å²) < 4.78 is 36.8. The SMILES string of the molecule is O=C(c1ccc(F)cc1)N1CCCC(c2nc(Oc3ccc(F)cc3)no2)C1. The van der Waals surface area contributed by atoms with Crippen LogP contribution in [0.5, 0.6) is 11.8 Å². The van der Waals surface area contributed by atoms with Gasteiger partial charge in [-0.25, -0.2) is 8.78 Å². The average molecular weight is 385 g/mol. The van der Waals surface area contributed by atoms with Gasteiger partial charge in [-0.05, 0) is 66.5 Å². The fourth-order valence-corrected chi connectivity index (χ4v) is 3.17. The summed E-state index contributed by atoms with van der Waals surface area (Å²) >= 11 is 0. The zero-order valence-electron chi connectivity index (χ0n) is 14.8. The number of likely N-dealkylation sites (tertiary alicyclic amines) is 1. The minimum atomic E-state index is -0.382. The molecule has 1 aliphatic heterocycles. The van der Waals surface area contributed by atoms with Crippen molar-refractivity contribution >= 4 is 5.91 Å². The molecule has 0 spiro atoms. The molecule has 4 rings (SSSR count). The smallest absolute Gasteiger partial charge is 0.359 e. The molecule has 8 heteroatoms. The van der Waals surface area contributed by atoms with E-state index in [4.69, 9.17) is 9.26 Å². The van der Waals surface area contributed by atoms with E-state index in [0.29, 0.717) is 30.3 Å². The van der Waals surface area contributed by atoms with Crippen molar-refractivity contribution in [2.24, 2.45) is 0 Å². The third-order valence-electron chi connectivity index (χ3n) is 4.59. The third-order valence-corrected chi connectivity index (χ3v) is 4.59. The molecule has 1 aromatic heterocycles. The molecule has 6 nitrogen and oxygen atoms in total. The molecule has 28 heavy (non-hydrogen) atoms. The quantitative estimate of drug-likeness (QED) is 0.675. The van der Waals surface area contributed by atoms with Crippen molar-refractivity contribution in [3.63, 3.8) is 0 Å². The number of ether oxygens (including phenoxy) is 1. The van der Waals surface area contributed by atoms with Crippen molar-refractivity contribution in [3.8, 4) is 11.8 Å². The van der Waals surface area contributed by atoms with E-state index in [-0.39, 0.29) is 29.5 Å². The zero-order chi connectivity index (χ0) is 19.5. The highest BCUT2D eigenvalue weighted by molar-refractivity contribution is 5.94. The number of halogens is 2. The molecule has 1 amide bonds. The van der Waals surface area contributed by atoms with Gasteiger partial charge >= 0.3 is 6.01 Å². The summed E-state index contributed by atoms with van der Waals surface area (Å²) in [7, 11) is 0. The Hall–Kier alpha value is -3.29. The first-order chi connectivity index (χ1) is 13.6. The lowest BCUT2D eigenvalue weighted by molar-refractivity contribution is 0.0695. The molecule has 1 fully saturated rings. The molecule has 1 unspecified atom stereocenters. The standard InChI is InChI=1S/C20H17F2N3O3/c21-15-5-3-13(4-6-15)19(26)25-11-1-2-14(12-25)18-23-20(24-28-18)27-17-9-7-16(22)8-10-17/h3-10,14H,1-2,11-12H2. The number of hydrogen-bond donors (Lipinski definition) is 0. The zero-order valence-corrected chi connectivity index (χ0v) is 14.8. The molecule has 1 aliphatic rings. The van der Waals surface area contributed by atoms with Gasteiger partial charge in [0.2, 0.25) is 5.89 Å². The van der Waals surface area contributed by atoms with E-state index in [1.165, 1.54) is 48.5 Å². The summed E-state index contributed by atoms with van der Waals surface area (Å²) in [5, 5.41) is 3.80. The van der Waals surface area contributed by atoms with Crippen LogP contribution in [0, 0.1) is 11.6 Å². The first-order valence-electron chi connectivity index (χ1n) is 8.90. The summed E-state index contributed by atoms with van der Waals surface area (Å²) in [6, 6.07) is 11.0. The van der Waals surface area contributed by atoms with Crippen molar-refractivity contribution in [2.45, 2.75) is 18.8 Å². The Morgan fingerprint density at radius 1 is 1.07 bits per heavy atom. The highest BCUT2D eigenvalue weighted by atomic mass is 19.1. The van der Waals surface area contributed by atoms with Gasteiger partial charge in [0.05, 0.1) is 5.92 Å². The van der Waals surface area contributed by atoms with E-state index in [0.717, 1.165) is 12.8 Å². The molecular formula is C20H17F2N3O3. The molecule has 0 aliphatic carbocycles. The Kier molecular flexibility index (Phi) is 5.01. The summed E-state index contributed by atoms with van der Waals surface area (Å²) in [5.74, 6) is -0.246. The van der Waals surface area contributed by atoms with E-state index in [9.17, 15) is 13.6 Å². The number of benzene rings is 2. The minimum absolute atomic E-state index is 0.0311. The molecule has 2 heterocycles. The first kappa shape index (κ1) is 18.1. The van der Waals surface area contributed by atoms with Crippen LogP contribution in [-0.2, 0) is 0 Å². The van der Waals surface area contributed by atoms with Crippen LogP contribution in [0.25, 0.3) is 0 Å². The molecule has 1 atom stereocenters. The number of carbonyl (C=O) groups is 1. The number of amides is 1. The first-order valence-corrected chi connectivity index (χ1v) is 8.90. The van der Waals surface area contributed by atoms with Crippen LogP contribution in [0.15, 0.2) is 53.1 Å². The number of carbonyl (C=O) groups excluding carboxylic acids is 1. The maximum Gasteiger partial charge on any atom is 0.359 e. The van der Waals surface area contributed by atoms with Crippen LogP contribution < -0.4 is 4.74 Å². The highest BCUT2D eigenvalue weighted by Crippen LogP contribution is 2.28. The van der Waals surface area contributed by atoms with Gasteiger partial charge in [-0.15, -0.1) is 0 Å². The van der Waals surface area contributed by atoms with E-state index in [2.05, 4.69) is 10.1 Å². The third kappa shape index (κ3) is 4.00. The van der Waals surface area contributed by atoms with Crippen LogP contribution in [0.1, 0.15) is 35.0 Å². The molecule has 1 saturated heterocycles. The lowest BCUT2D eigenvalue weighted by atomic mass is 9.97. The normalized spacial score (nSPS) is 16.8. The maximum atomic E-state index is 13.1. The Balaban J connectivity index is 1.43. The highest BCUT2D eigenvalue weighted by Gasteiger charge is 2.29. The van der Waals surface area contributed by atoms with E-state index < -0.39 is 0 Å². The fraction of sp³-hybridized carbons (Fsp3) is 0.250. The van der Waals surface area contributed by atoms with Gasteiger partial charge in [0.15, 0.2) is 0 Å². The van der Waals surface area contributed by atoms with Gasteiger partial charge in [-0.2, -0.15) is 4.98 Å². The molecular weight excluding hydrogens is 368 g/mol. The van der Waals surface area contributed by atoms with Crippen molar-refractivity contribution < 1.29 is 22.8 Å². The molecule has 2 aromatic carbocycles. The maximum absolute atomic E-state index is 13.1. The number of aromatic nitrogens is 2. The van der Waals surface area contributed by atoms with E-state index >= 15 is 0 Å². The Morgan fingerprint density at radius 2 is 1.75 bits per heavy atom. The van der Waals surface area contributed by atoms with Crippen LogP contribution in [0.2, 0.25) is 0 Å². The van der Waals surface area contributed by atoms with Gasteiger partial charge in [-0.1, -0.05) is 0 Å². The Bertz CT molecular complexity index is 958. The summed E-state index contributed by atoms with van der Waals surface area (Å²) in [4.78, 5) is 18.6. The van der Waals surface area contributed by atoms with E-state index in [1.807, 2.05) is 0 Å². The van der Waals surface area contributed by atoms with Crippen LogP contribution >= 0.6 is 0 Å². The van der Waals surface area contributed by atoms with Gasteiger partial charge in [0, 0.05) is 18.7 Å². The number of hydrogen-bond acceptors (Lipinski definition) is 5. The molecule has 144 valence electrons. The minimum Gasteiger partial charge on any atom is -0.422 e. The van der Waals surface area contributed by atoms with Crippen molar-refractivity contribution in [1.29, 1.82) is 0 Å². The second-order valence-electron chi connectivity index (χ2n) is 6.57. The van der Waals surface area contributed by atoms with Gasteiger partial charge in [0.1, 0.15) is 17.4 Å². The van der Waals surface area contributed by atoms with Gasteiger partial charge < -0.3 is 14.2 Å². The van der Waals surface area contributed by atoms with Gasteiger partial charge in [0.25, 0.3) is 5.91 Å². The predicted molar refractivity (Wildman–Crippen MR) is 95.1 cm³/mol. The summed E-state index contributed by atoms with van der Waals surface area (Å²) in [6.45, 7) is 1.04. The molecule has 3 aromatic rings. The van der Waals surface area contributed by atoms with Gasteiger partial charge in [-0.3, -0.25) is 4.79 Å². The molecule has 0 radical (unpaired) electrons. The van der Waals surface area contributed by atoms with Crippen molar-refractivity contribution in [2.75, 3.05) is 13.1 Å². The average Bonchev–Trinajstić information content (AvgIpc) is 3.18. The Labute approximate surface area is 159 Å². The number of rotatable bonds is 4. The predicted octanol–water partition coefficient (Wildman–Crippen LogP) is 4.16. The largest absolute Gasteiger partial charge is 0.422 e. The lowest BCUT2D eigenvalue weighted by Gasteiger charge is -2.31. The van der Waals surface area contributed by atoms with E-state index in [1.54, 1.807) is 4.90 Å². The molecule has 0 saturated carbocycles. The van der Waals surface area contributed by atoms with Crippen LogP contribution in [0.3, 0.4) is 0 Å².